The first-order chi connectivity index (χ1) is 6.20. The van der Waals surface area contributed by atoms with Gasteiger partial charge < -0.3 is 0 Å². The maximum Gasteiger partial charge on any atom is 0.128 e. The number of pyridine rings is 1. The third kappa shape index (κ3) is 1.18. The number of halogens is 1. The highest BCUT2D eigenvalue weighted by Gasteiger charge is 2.05. The molecule has 66 valence electrons. The van der Waals surface area contributed by atoms with Gasteiger partial charge in [-0.2, -0.15) is 0 Å². The minimum atomic E-state index is -0.177. The largest absolute Gasteiger partial charge is 0.256 e. The second kappa shape index (κ2) is 2.80. The summed E-state index contributed by atoms with van der Waals surface area (Å²) in [6.07, 6.45) is 1.68. The van der Waals surface area contributed by atoms with Gasteiger partial charge in [0.15, 0.2) is 0 Å². The van der Waals surface area contributed by atoms with E-state index >= 15 is 0 Å². The molecule has 1 heterocycles. The van der Waals surface area contributed by atoms with Crippen LogP contribution in [0.25, 0.3) is 10.9 Å². The zero-order valence-electron chi connectivity index (χ0n) is 7.63. The van der Waals surface area contributed by atoms with Crippen LogP contribution < -0.4 is 0 Å². The average molecular weight is 175 g/mol. The van der Waals surface area contributed by atoms with E-state index in [0.29, 0.717) is 5.56 Å². The average Bonchev–Trinajstić information content (AvgIpc) is 2.15. The minimum absolute atomic E-state index is 0.177. The Hall–Kier alpha value is -1.44. The van der Waals surface area contributed by atoms with Crippen LogP contribution in [0.3, 0.4) is 0 Å². The van der Waals surface area contributed by atoms with Gasteiger partial charge in [-0.15, -0.1) is 0 Å². The van der Waals surface area contributed by atoms with Crippen LogP contribution in [-0.2, 0) is 0 Å². The first-order valence-electron chi connectivity index (χ1n) is 4.20. The van der Waals surface area contributed by atoms with Crippen molar-refractivity contribution in [2.75, 3.05) is 0 Å². The fraction of sp³-hybridized carbons (Fsp3) is 0.182. The van der Waals surface area contributed by atoms with Gasteiger partial charge in [-0.1, -0.05) is 6.07 Å². The molecule has 0 radical (unpaired) electrons. The summed E-state index contributed by atoms with van der Waals surface area (Å²) >= 11 is 0. The predicted molar refractivity (Wildman–Crippen MR) is 51.2 cm³/mol. The van der Waals surface area contributed by atoms with Crippen LogP contribution in [0.15, 0.2) is 24.4 Å². The molecule has 2 rings (SSSR count). The number of benzene rings is 1. The highest BCUT2D eigenvalue weighted by Crippen LogP contribution is 2.21. The summed E-state index contributed by atoms with van der Waals surface area (Å²) in [6.45, 7) is 3.71. The molecule has 0 atom stereocenters. The molecule has 0 spiro atoms. The molecule has 1 aromatic heterocycles. The molecule has 0 fully saturated rings. The van der Waals surface area contributed by atoms with E-state index in [9.17, 15) is 4.39 Å². The molecule has 0 unspecified atom stereocenters. The smallest absolute Gasteiger partial charge is 0.128 e. The van der Waals surface area contributed by atoms with Gasteiger partial charge in [-0.05, 0) is 31.0 Å². The molecule has 2 aromatic rings. The molecule has 1 aromatic carbocycles. The van der Waals surface area contributed by atoms with Gasteiger partial charge >= 0.3 is 0 Å². The number of aromatic nitrogens is 1. The van der Waals surface area contributed by atoms with Gasteiger partial charge in [-0.3, -0.25) is 4.98 Å². The van der Waals surface area contributed by atoms with E-state index in [1.54, 1.807) is 13.1 Å². The van der Waals surface area contributed by atoms with Crippen molar-refractivity contribution < 1.29 is 4.39 Å². The van der Waals surface area contributed by atoms with Crippen LogP contribution in [0.1, 0.15) is 11.1 Å². The number of hydrogen-bond acceptors (Lipinski definition) is 1. The van der Waals surface area contributed by atoms with Gasteiger partial charge in [0, 0.05) is 17.6 Å². The zero-order valence-corrected chi connectivity index (χ0v) is 7.63. The summed E-state index contributed by atoms with van der Waals surface area (Å²) < 4.78 is 13.3. The molecule has 0 amide bonds. The van der Waals surface area contributed by atoms with E-state index in [2.05, 4.69) is 4.98 Å². The molecule has 0 aliphatic heterocycles. The van der Waals surface area contributed by atoms with Crippen molar-refractivity contribution in [1.29, 1.82) is 0 Å². The lowest BCUT2D eigenvalue weighted by atomic mass is 10.0. The van der Waals surface area contributed by atoms with Crippen molar-refractivity contribution in [2.24, 2.45) is 0 Å². The highest BCUT2D eigenvalue weighted by molar-refractivity contribution is 5.83. The minimum Gasteiger partial charge on any atom is -0.256 e. The first-order valence-corrected chi connectivity index (χ1v) is 4.20. The van der Waals surface area contributed by atoms with E-state index < -0.39 is 0 Å². The summed E-state index contributed by atoms with van der Waals surface area (Å²) in [5.74, 6) is -0.177. The first kappa shape index (κ1) is 8.17. The normalized spacial score (nSPS) is 10.7. The van der Waals surface area contributed by atoms with Crippen molar-refractivity contribution in [1.82, 2.24) is 4.98 Å². The fourth-order valence-corrected chi connectivity index (χ4v) is 1.46. The highest BCUT2D eigenvalue weighted by atomic mass is 19.1. The lowest BCUT2D eigenvalue weighted by Crippen LogP contribution is -1.90. The summed E-state index contributed by atoms with van der Waals surface area (Å²) in [7, 11) is 0. The second-order valence-electron chi connectivity index (χ2n) is 3.18. The van der Waals surface area contributed by atoms with Crippen LogP contribution in [0.4, 0.5) is 4.39 Å². The second-order valence-corrected chi connectivity index (χ2v) is 3.18. The van der Waals surface area contributed by atoms with Crippen LogP contribution >= 0.6 is 0 Å². The maximum absolute atomic E-state index is 13.3. The molecule has 0 saturated carbocycles. The van der Waals surface area contributed by atoms with E-state index in [1.165, 1.54) is 6.07 Å². The van der Waals surface area contributed by atoms with Crippen molar-refractivity contribution in [3.63, 3.8) is 0 Å². The predicted octanol–water partition coefficient (Wildman–Crippen LogP) is 2.99. The maximum atomic E-state index is 13.3. The van der Waals surface area contributed by atoms with Crippen molar-refractivity contribution in [2.45, 2.75) is 13.8 Å². The Bertz CT molecular complexity index is 463. The molecule has 0 aliphatic rings. The molecular weight excluding hydrogens is 165 g/mol. The van der Waals surface area contributed by atoms with Crippen LogP contribution in [0.5, 0.6) is 0 Å². The van der Waals surface area contributed by atoms with Crippen LogP contribution in [-0.4, -0.2) is 4.98 Å². The lowest BCUT2D eigenvalue weighted by molar-refractivity contribution is 0.619. The van der Waals surface area contributed by atoms with Gasteiger partial charge in [0.2, 0.25) is 0 Å². The topological polar surface area (TPSA) is 12.9 Å². The van der Waals surface area contributed by atoms with Crippen molar-refractivity contribution >= 4 is 10.9 Å². The summed E-state index contributed by atoms with van der Waals surface area (Å²) in [6, 6.07) is 5.31. The molecule has 13 heavy (non-hydrogen) atoms. The number of nitrogens with zero attached hydrogens (tertiary/aromatic N) is 1. The Kier molecular flexibility index (Phi) is 1.76. The summed E-state index contributed by atoms with van der Waals surface area (Å²) in [5, 5.41) is 1.03. The molecule has 0 N–H and O–H groups in total. The molecule has 0 aliphatic carbocycles. The third-order valence-electron chi connectivity index (χ3n) is 2.43. The Labute approximate surface area is 76.2 Å². The summed E-state index contributed by atoms with van der Waals surface area (Å²) in [4.78, 5) is 4.10. The Morgan fingerprint density at radius 1 is 1.23 bits per heavy atom. The molecular formula is C11H10FN. The number of rotatable bonds is 0. The van der Waals surface area contributed by atoms with E-state index in [1.807, 2.05) is 19.1 Å². The Balaban J connectivity index is 2.94. The standard InChI is InChI=1S/C11H10FN/c1-7-8(2)10(12)6-11-9(7)4-3-5-13-11/h3-6H,1-2H3. The fourth-order valence-electron chi connectivity index (χ4n) is 1.46. The van der Waals surface area contributed by atoms with Gasteiger partial charge in [0.25, 0.3) is 0 Å². The number of fused-ring (bicyclic) bond motifs is 1. The van der Waals surface area contributed by atoms with E-state index in [4.69, 9.17) is 0 Å². The molecule has 0 saturated heterocycles. The number of aryl methyl sites for hydroxylation is 1. The van der Waals surface area contributed by atoms with E-state index in [0.717, 1.165) is 16.5 Å². The Morgan fingerprint density at radius 2 is 2.00 bits per heavy atom. The molecule has 2 heteroatoms. The third-order valence-corrected chi connectivity index (χ3v) is 2.43. The SMILES string of the molecule is Cc1c(F)cc2ncccc2c1C. The Morgan fingerprint density at radius 3 is 2.77 bits per heavy atom. The number of hydrogen-bond donors (Lipinski definition) is 0. The molecule has 1 nitrogen and oxygen atoms in total. The van der Waals surface area contributed by atoms with Crippen LogP contribution in [0.2, 0.25) is 0 Å². The molecule has 0 bridgehead atoms. The van der Waals surface area contributed by atoms with Gasteiger partial charge in [0.1, 0.15) is 5.82 Å². The monoisotopic (exact) mass is 175 g/mol. The van der Waals surface area contributed by atoms with Gasteiger partial charge in [-0.25, -0.2) is 4.39 Å². The van der Waals surface area contributed by atoms with Crippen molar-refractivity contribution in [3.05, 3.63) is 41.3 Å². The lowest BCUT2D eigenvalue weighted by Gasteiger charge is -2.05. The van der Waals surface area contributed by atoms with Crippen molar-refractivity contribution in [3.8, 4) is 0 Å². The van der Waals surface area contributed by atoms with Gasteiger partial charge in [0.05, 0.1) is 5.52 Å². The quantitative estimate of drug-likeness (QED) is 0.599. The summed E-state index contributed by atoms with van der Waals surface area (Å²) in [5.41, 5.74) is 2.41. The van der Waals surface area contributed by atoms with E-state index in [-0.39, 0.29) is 5.82 Å². The zero-order chi connectivity index (χ0) is 9.42. The van der Waals surface area contributed by atoms with Crippen LogP contribution in [0, 0.1) is 19.7 Å².